The molecule has 6 heteroatoms. The van der Waals surface area contributed by atoms with E-state index in [-0.39, 0.29) is 17.8 Å². The molecule has 1 aromatic heterocycles. The van der Waals surface area contributed by atoms with Gasteiger partial charge in [0.2, 0.25) is 5.91 Å². The molecule has 2 aromatic rings. The smallest absolute Gasteiger partial charge is 0.227 e. The predicted octanol–water partition coefficient (Wildman–Crippen LogP) is 1.93. The van der Waals surface area contributed by atoms with Gasteiger partial charge in [0, 0.05) is 25.3 Å². The molecule has 0 aliphatic carbocycles. The van der Waals surface area contributed by atoms with Crippen molar-refractivity contribution in [2.75, 3.05) is 20.6 Å². The van der Waals surface area contributed by atoms with Crippen LogP contribution in [0, 0.1) is 5.82 Å². The van der Waals surface area contributed by atoms with Crippen molar-refractivity contribution in [1.82, 2.24) is 19.6 Å². The maximum absolute atomic E-state index is 13.1. The standard InChI is InChI=1S/C18H23FN4O/c1-21(2)12-16-8-10-23-17(7-9-20-23)13-22(16)18(24)11-14-3-5-15(19)6-4-14/h3-7,9,16H,8,10-13H2,1-2H3/t16-/m0/s1. The molecule has 5 nitrogen and oxygen atoms in total. The monoisotopic (exact) mass is 330 g/mol. The summed E-state index contributed by atoms with van der Waals surface area (Å²) < 4.78 is 15.0. The average molecular weight is 330 g/mol. The molecule has 1 aliphatic heterocycles. The summed E-state index contributed by atoms with van der Waals surface area (Å²) >= 11 is 0. The zero-order chi connectivity index (χ0) is 17.1. The molecule has 0 N–H and O–H groups in total. The highest BCUT2D eigenvalue weighted by atomic mass is 19.1. The van der Waals surface area contributed by atoms with Crippen LogP contribution in [-0.2, 0) is 24.3 Å². The zero-order valence-corrected chi connectivity index (χ0v) is 14.2. The van der Waals surface area contributed by atoms with Crippen LogP contribution in [0.15, 0.2) is 36.5 Å². The van der Waals surface area contributed by atoms with Crippen LogP contribution >= 0.6 is 0 Å². The molecule has 1 amide bonds. The third kappa shape index (κ3) is 3.82. The molecule has 2 heterocycles. The molecule has 0 saturated carbocycles. The molecule has 0 fully saturated rings. The van der Waals surface area contributed by atoms with Gasteiger partial charge in [-0.25, -0.2) is 4.39 Å². The first-order chi connectivity index (χ1) is 11.5. The first-order valence-electron chi connectivity index (χ1n) is 8.22. The molecule has 0 spiro atoms. The van der Waals surface area contributed by atoms with Gasteiger partial charge < -0.3 is 9.80 Å². The number of aryl methyl sites for hydroxylation is 1. The van der Waals surface area contributed by atoms with E-state index in [1.54, 1.807) is 18.3 Å². The van der Waals surface area contributed by atoms with E-state index in [0.29, 0.717) is 13.0 Å². The van der Waals surface area contributed by atoms with Crippen molar-refractivity contribution < 1.29 is 9.18 Å². The lowest BCUT2D eigenvalue weighted by Gasteiger charge is -2.32. The van der Waals surface area contributed by atoms with E-state index in [4.69, 9.17) is 0 Å². The molecule has 0 bridgehead atoms. The van der Waals surface area contributed by atoms with Gasteiger partial charge in [-0.05, 0) is 44.3 Å². The third-order valence-corrected chi connectivity index (χ3v) is 4.42. The number of aromatic nitrogens is 2. The molecule has 24 heavy (non-hydrogen) atoms. The van der Waals surface area contributed by atoms with E-state index in [1.807, 2.05) is 29.7 Å². The number of carbonyl (C=O) groups is 1. The van der Waals surface area contributed by atoms with Crippen molar-refractivity contribution in [3.63, 3.8) is 0 Å². The molecule has 3 rings (SSSR count). The topological polar surface area (TPSA) is 41.4 Å². The fraction of sp³-hybridized carbons (Fsp3) is 0.444. The summed E-state index contributed by atoms with van der Waals surface area (Å²) in [7, 11) is 4.04. The van der Waals surface area contributed by atoms with Crippen LogP contribution in [0.2, 0.25) is 0 Å². The van der Waals surface area contributed by atoms with Gasteiger partial charge in [0.15, 0.2) is 0 Å². The van der Waals surface area contributed by atoms with Crippen LogP contribution in [-0.4, -0.2) is 52.2 Å². The Morgan fingerprint density at radius 1 is 1.29 bits per heavy atom. The fourth-order valence-electron chi connectivity index (χ4n) is 3.21. The lowest BCUT2D eigenvalue weighted by Crippen LogP contribution is -2.45. The number of likely N-dealkylation sites (N-methyl/N-ethyl adjacent to an activating group) is 1. The maximum atomic E-state index is 13.1. The highest BCUT2D eigenvalue weighted by Gasteiger charge is 2.28. The summed E-state index contributed by atoms with van der Waals surface area (Å²) in [5.74, 6) is -0.210. The summed E-state index contributed by atoms with van der Waals surface area (Å²) in [6.45, 7) is 2.21. The number of rotatable bonds is 4. The van der Waals surface area contributed by atoms with Crippen LogP contribution in [0.25, 0.3) is 0 Å². The summed E-state index contributed by atoms with van der Waals surface area (Å²) in [5.41, 5.74) is 1.89. The van der Waals surface area contributed by atoms with Crippen LogP contribution in [0.1, 0.15) is 17.7 Å². The number of hydrogen-bond donors (Lipinski definition) is 0. The SMILES string of the molecule is CN(C)C[C@@H]1CCn2nccc2CN1C(=O)Cc1ccc(F)cc1. The number of hydrogen-bond acceptors (Lipinski definition) is 3. The number of fused-ring (bicyclic) bond motifs is 1. The Morgan fingerprint density at radius 3 is 2.75 bits per heavy atom. The highest BCUT2D eigenvalue weighted by Crippen LogP contribution is 2.19. The van der Waals surface area contributed by atoms with Crippen molar-refractivity contribution in [1.29, 1.82) is 0 Å². The molecule has 0 unspecified atom stereocenters. The normalized spacial score (nSPS) is 17.7. The Hall–Kier alpha value is -2.21. The first-order valence-corrected chi connectivity index (χ1v) is 8.22. The molecule has 1 atom stereocenters. The van der Waals surface area contributed by atoms with Gasteiger partial charge >= 0.3 is 0 Å². The second kappa shape index (κ2) is 7.13. The van der Waals surface area contributed by atoms with E-state index in [2.05, 4.69) is 10.00 Å². The largest absolute Gasteiger partial charge is 0.332 e. The van der Waals surface area contributed by atoms with Crippen LogP contribution < -0.4 is 0 Å². The van der Waals surface area contributed by atoms with Crippen molar-refractivity contribution in [3.05, 3.63) is 53.6 Å². The van der Waals surface area contributed by atoms with E-state index in [1.165, 1.54) is 12.1 Å². The number of amides is 1. The molecule has 0 radical (unpaired) electrons. The number of halogens is 1. The van der Waals surface area contributed by atoms with Gasteiger partial charge in [-0.15, -0.1) is 0 Å². The van der Waals surface area contributed by atoms with Crippen molar-refractivity contribution >= 4 is 5.91 Å². The molecule has 128 valence electrons. The summed E-state index contributed by atoms with van der Waals surface area (Å²) in [6, 6.07) is 8.27. The van der Waals surface area contributed by atoms with Crippen molar-refractivity contribution in [3.8, 4) is 0 Å². The minimum Gasteiger partial charge on any atom is -0.332 e. The minimum absolute atomic E-state index is 0.0723. The van der Waals surface area contributed by atoms with E-state index in [9.17, 15) is 9.18 Å². The molecular formula is C18H23FN4O. The fourth-order valence-corrected chi connectivity index (χ4v) is 3.21. The van der Waals surface area contributed by atoms with Gasteiger partial charge in [-0.2, -0.15) is 5.10 Å². The number of benzene rings is 1. The predicted molar refractivity (Wildman–Crippen MR) is 89.8 cm³/mol. The van der Waals surface area contributed by atoms with Crippen molar-refractivity contribution in [2.45, 2.75) is 32.0 Å². The Kier molecular flexibility index (Phi) is 4.94. The average Bonchev–Trinajstić information content (AvgIpc) is 2.91. The van der Waals surface area contributed by atoms with Gasteiger partial charge in [0.25, 0.3) is 0 Å². The van der Waals surface area contributed by atoms with Gasteiger partial charge in [-0.1, -0.05) is 12.1 Å². The molecule has 1 aromatic carbocycles. The number of nitrogens with zero attached hydrogens (tertiary/aromatic N) is 4. The van der Waals surface area contributed by atoms with Gasteiger partial charge in [-0.3, -0.25) is 9.48 Å². The third-order valence-electron chi connectivity index (χ3n) is 4.42. The van der Waals surface area contributed by atoms with Gasteiger partial charge in [0.1, 0.15) is 5.82 Å². The quantitative estimate of drug-likeness (QED) is 0.860. The van der Waals surface area contributed by atoms with Crippen LogP contribution in [0.4, 0.5) is 4.39 Å². The van der Waals surface area contributed by atoms with Crippen molar-refractivity contribution in [2.24, 2.45) is 0 Å². The first kappa shape index (κ1) is 16.6. The van der Waals surface area contributed by atoms with E-state index in [0.717, 1.165) is 30.8 Å². The van der Waals surface area contributed by atoms with Crippen LogP contribution in [0.5, 0.6) is 0 Å². The Morgan fingerprint density at radius 2 is 2.04 bits per heavy atom. The minimum atomic E-state index is -0.282. The lowest BCUT2D eigenvalue weighted by atomic mass is 10.1. The van der Waals surface area contributed by atoms with E-state index < -0.39 is 0 Å². The second-order valence-electron chi connectivity index (χ2n) is 6.58. The maximum Gasteiger partial charge on any atom is 0.227 e. The summed E-state index contributed by atoms with van der Waals surface area (Å²) in [4.78, 5) is 17.0. The van der Waals surface area contributed by atoms with Gasteiger partial charge in [0.05, 0.1) is 18.7 Å². The number of carbonyl (C=O) groups excluding carboxylic acids is 1. The molecule has 0 saturated heterocycles. The second-order valence-corrected chi connectivity index (χ2v) is 6.58. The zero-order valence-electron chi connectivity index (χ0n) is 14.2. The highest BCUT2D eigenvalue weighted by molar-refractivity contribution is 5.79. The Bertz CT molecular complexity index is 695. The van der Waals surface area contributed by atoms with E-state index >= 15 is 0 Å². The Labute approximate surface area is 141 Å². The summed E-state index contributed by atoms with van der Waals surface area (Å²) in [5, 5.41) is 4.34. The summed E-state index contributed by atoms with van der Waals surface area (Å²) in [6.07, 6.45) is 2.95. The molecule has 1 aliphatic rings. The molecular weight excluding hydrogens is 307 g/mol. The van der Waals surface area contributed by atoms with Crippen LogP contribution in [0.3, 0.4) is 0 Å². The lowest BCUT2D eigenvalue weighted by molar-refractivity contribution is -0.133. The Balaban J connectivity index is 1.79.